The lowest BCUT2D eigenvalue weighted by Gasteiger charge is -2.10. The summed E-state index contributed by atoms with van der Waals surface area (Å²) in [5, 5.41) is 11.0. The molecular weight excluding hydrogens is 453 g/mol. The van der Waals surface area contributed by atoms with E-state index < -0.39 is 0 Å². The van der Waals surface area contributed by atoms with Crippen LogP contribution in [0.3, 0.4) is 0 Å². The van der Waals surface area contributed by atoms with Gasteiger partial charge in [-0.1, -0.05) is 13.8 Å². The van der Waals surface area contributed by atoms with Crippen LogP contribution in [0.1, 0.15) is 53.0 Å². The van der Waals surface area contributed by atoms with Crippen LogP contribution in [-0.2, 0) is 13.1 Å². The molecule has 2 heterocycles. The van der Waals surface area contributed by atoms with E-state index in [1.807, 2.05) is 13.8 Å². The van der Waals surface area contributed by atoms with E-state index in [1.54, 1.807) is 22.7 Å². The predicted octanol–water partition coefficient (Wildman–Crippen LogP) is 4.21. The molecule has 2 N–H and O–H groups in total. The predicted molar refractivity (Wildman–Crippen MR) is 115 cm³/mol. The van der Waals surface area contributed by atoms with Gasteiger partial charge in [0.15, 0.2) is 5.96 Å². The van der Waals surface area contributed by atoms with Crippen molar-refractivity contribution in [1.82, 2.24) is 20.6 Å². The maximum Gasteiger partial charge on any atom is 0.191 e. The van der Waals surface area contributed by atoms with Crippen molar-refractivity contribution >= 4 is 52.6 Å². The van der Waals surface area contributed by atoms with Crippen molar-refractivity contribution in [3.8, 4) is 0 Å². The number of aromatic nitrogens is 2. The maximum atomic E-state index is 4.63. The van der Waals surface area contributed by atoms with E-state index in [1.165, 1.54) is 9.88 Å². The summed E-state index contributed by atoms with van der Waals surface area (Å²) in [5.41, 5.74) is 2.12. The second-order valence-electron chi connectivity index (χ2n) is 5.62. The van der Waals surface area contributed by atoms with Gasteiger partial charge in [-0.25, -0.2) is 15.0 Å². The molecule has 0 unspecified atom stereocenters. The Kier molecular flexibility index (Phi) is 9.14. The molecule has 0 amide bonds. The van der Waals surface area contributed by atoms with Crippen LogP contribution < -0.4 is 10.6 Å². The second kappa shape index (κ2) is 10.3. The zero-order chi connectivity index (χ0) is 16.8. The summed E-state index contributed by atoms with van der Waals surface area (Å²) in [6.07, 6.45) is 0. The second-order valence-corrected chi connectivity index (χ2v) is 7.80. The molecule has 2 aromatic heterocycles. The summed E-state index contributed by atoms with van der Waals surface area (Å²) in [5.74, 6) is 1.29. The van der Waals surface area contributed by atoms with Crippen molar-refractivity contribution in [3.05, 3.63) is 31.7 Å². The first kappa shape index (κ1) is 21.3. The van der Waals surface area contributed by atoms with Gasteiger partial charge in [-0.3, -0.25) is 0 Å². The minimum absolute atomic E-state index is 0. The van der Waals surface area contributed by atoms with Crippen LogP contribution in [0, 0.1) is 13.8 Å². The molecule has 134 valence electrons. The Morgan fingerprint density at radius 2 is 2.00 bits per heavy atom. The third-order valence-electron chi connectivity index (χ3n) is 3.22. The Balaban J connectivity index is 0.00000288. The molecule has 5 nitrogen and oxygen atoms in total. The lowest BCUT2D eigenvalue weighted by molar-refractivity contribution is 0.807. The SMILES string of the molecule is CCNC(=NCc1csc(C(C)C)n1)NCc1sc(C)nc1C.I. The Bertz CT molecular complexity index is 663. The highest BCUT2D eigenvalue weighted by molar-refractivity contribution is 14.0. The number of nitrogens with one attached hydrogen (secondary N) is 2. The molecular formula is C16H26IN5S2. The standard InChI is InChI=1S/C16H25N5S2.HI/c1-6-17-16(19-8-14-11(4)20-12(5)23-14)18-7-13-9-22-15(21-13)10(2)3;/h9-10H,6-8H2,1-5H3,(H2,17,18,19);1H. The third kappa shape index (κ3) is 6.29. The fourth-order valence-corrected chi connectivity index (χ4v) is 3.77. The molecule has 0 fully saturated rings. The van der Waals surface area contributed by atoms with Gasteiger partial charge in [0.2, 0.25) is 0 Å². The fraction of sp³-hybridized carbons (Fsp3) is 0.562. The number of hydrogen-bond acceptors (Lipinski definition) is 5. The first-order chi connectivity index (χ1) is 11.0. The van der Waals surface area contributed by atoms with Crippen molar-refractivity contribution < 1.29 is 0 Å². The van der Waals surface area contributed by atoms with Crippen LogP contribution in [0.15, 0.2) is 10.4 Å². The monoisotopic (exact) mass is 479 g/mol. The Morgan fingerprint density at radius 3 is 2.54 bits per heavy atom. The van der Waals surface area contributed by atoms with Crippen LogP contribution in [-0.4, -0.2) is 22.5 Å². The lowest BCUT2D eigenvalue weighted by Crippen LogP contribution is -2.36. The average molecular weight is 479 g/mol. The topological polar surface area (TPSA) is 62.2 Å². The van der Waals surface area contributed by atoms with Crippen LogP contribution in [0.5, 0.6) is 0 Å². The van der Waals surface area contributed by atoms with Crippen LogP contribution in [0.4, 0.5) is 0 Å². The average Bonchev–Trinajstić information content (AvgIpc) is 3.08. The Labute approximate surface area is 169 Å². The molecule has 0 saturated carbocycles. The Morgan fingerprint density at radius 1 is 1.25 bits per heavy atom. The number of hydrogen-bond donors (Lipinski definition) is 2. The van der Waals surface area contributed by atoms with E-state index >= 15 is 0 Å². The fourth-order valence-electron chi connectivity index (χ4n) is 2.06. The van der Waals surface area contributed by atoms with Gasteiger partial charge in [0.25, 0.3) is 0 Å². The van der Waals surface area contributed by atoms with Gasteiger partial charge < -0.3 is 10.6 Å². The van der Waals surface area contributed by atoms with Gasteiger partial charge in [-0.05, 0) is 20.8 Å². The number of guanidine groups is 1. The van der Waals surface area contributed by atoms with Gasteiger partial charge >= 0.3 is 0 Å². The maximum absolute atomic E-state index is 4.63. The lowest BCUT2D eigenvalue weighted by atomic mass is 10.2. The van der Waals surface area contributed by atoms with E-state index in [2.05, 4.69) is 51.7 Å². The van der Waals surface area contributed by atoms with E-state index in [9.17, 15) is 0 Å². The molecule has 0 atom stereocenters. The zero-order valence-corrected chi connectivity index (χ0v) is 18.8. The van der Waals surface area contributed by atoms with E-state index in [-0.39, 0.29) is 24.0 Å². The minimum Gasteiger partial charge on any atom is -0.357 e. The molecule has 8 heteroatoms. The molecule has 0 bridgehead atoms. The molecule has 2 aromatic rings. The van der Waals surface area contributed by atoms with Gasteiger partial charge in [-0.2, -0.15) is 0 Å². The van der Waals surface area contributed by atoms with Crippen molar-refractivity contribution in [2.24, 2.45) is 4.99 Å². The molecule has 0 aliphatic carbocycles. The molecule has 0 radical (unpaired) electrons. The van der Waals surface area contributed by atoms with Gasteiger partial charge in [0.1, 0.15) is 0 Å². The molecule has 0 aliphatic heterocycles. The molecule has 0 spiro atoms. The minimum atomic E-state index is 0. The highest BCUT2D eigenvalue weighted by atomic mass is 127. The van der Waals surface area contributed by atoms with E-state index in [0.717, 1.165) is 35.4 Å². The number of aryl methyl sites for hydroxylation is 2. The zero-order valence-electron chi connectivity index (χ0n) is 14.8. The highest BCUT2D eigenvalue weighted by Gasteiger charge is 2.07. The highest BCUT2D eigenvalue weighted by Crippen LogP contribution is 2.19. The summed E-state index contributed by atoms with van der Waals surface area (Å²) >= 11 is 3.44. The van der Waals surface area contributed by atoms with E-state index in [0.29, 0.717) is 12.5 Å². The first-order valence-corrected chi connectivity index (χ1v) is 9.58. The van der Waals surface area contributed by atoms with Crippen molar-refractivity contribution in [1.29, 1.82) is 0 Å². The molecule has 0 saturated heterocycles. The number of halogens is 1. The van der Waals surface area contributed by atoms with Crippen molar-refractivity contribution in [2.75, 3.05) is 6.54 Å². The molecule has 24 heavy (non-hydrogen) atoms. The number of nitrogens with zero attached hydrogens (tertiary/aromatic N) is 3. The van der Waals surface area contributed by atoms with Gasteiger partial charge in [-0.15, -0.1) is 46.7 Å². The largest absolute Gasteiger partial charge is 0.357 e. The van der Waals surface area contributed by atoms with Crippen molar-refractivity contribution in [3.63, 3.8) is 0 Å². The number of rotatable bonds is 6. The number of thiazole rings is 2. The summed E-state index contributed by atoms with van der Waals surface area (Å²) in [7, 11) is 0. The Hall–Kier alpha value is -0.740. The summed E-state index contributed by atoms with van der Waals surface area (Å²) in [6, 6.07) is 0. The molecule has 2 rings (SSSR count). The van der Waals surface area contributed by atoms with E-state index in [4.69, 9.17) is 0 Å². The third-order valence-corrected chi connectivity index (χ3v) is 5.49. The number of aliphatic imine (C=N–C) groups is 1. The summed E-state index contributed by atoms with van der Waals surface area (Å²) in [4.78, 5) is 15.0. The summed E-state index contributed by atoms with van der Waals surface area (Å²) < 4.78 is 0. The molecule has 0 aliphatic rings. The first-order valence-electron chi connectivity index (χ1n) is 7.89. The van der Waals surface area contributed by atoms with Gasteiger partial charge in [0, 0.05) is 22.7 Å². The van der Waals surface area contributed by atoms with Crippen LogP contribution in [0.25, 0.3) is 0 Å². The molecule has 0 aromatic carbocycles. The van der Waals surface area contributed by atoms with Crippen LogP contribution >= 0.6 is 46.7 Å². The smallest absolute Gasteiger partial charge is 0.191 e. The quantitative estimate of drug-likeness (QED) is 0.370. The van der Waals surface area contributed by atoms with Crippen molar-refractivity contribution in [2.45, 2.75) is 53.6 Å². The van der Waals surface area contributed by atoms with Gasteiger partial charge in [0.05, 0.1) is 34.5 Å². The normalized spacial score (nSPS) is 11.5. The van der Waals surface area contributed by atoms with Crippen LogP contribution in [0.2, 0.25) is 0 Å². The summed E-state index contributed by atoms with van der Waals surface area (Å²) in [6.45, 7) is 12.7.